The highest BCUT2D eigenvalue weighted by Crippen LogP contribution is 2.38. The first-order chi connectivity index (χ1) is 47.1. The molecule has 0 saturated carbocycles. The molecule has 7 aromatic rings. The molecule has 21 nitrogen and oxygen atoms in total. The monoisotopic (exact) mass is 1350 g/mol. The maximum absolute atomic E-state index is 11.9. The number of phenols is 1. The maximum Gasteiger partial charge on any atom is 0.334 e. The zero-order valence-corrected chi connectivity index (χ0v) is 54.0. The number of carboxylic acids is 5. The lowest BCUT2D eigenvalue weighted by Crippen LogP contribution is -2.38. The summed E-state index contributed by atoms with van der Waals surface area (Å²) in [5.41, 5.74) is 14.1. The zero-order valence-electron chi connectivity index (χ0n) is 53.3. The number of phenolic OH excluding ortho intramolecular Hbond substituents is 1. The van der Waals surface area contributed by atoms with Gasteiger partial charge in [0.15, 0.2) is 0 Å². The number of aryl methyl sites for hydroxylation is 1. The lowest BCUT2D eigenvalue weighted by molar-refractivity contribution is -0.148. The summed E-state index contributed by atoms with van der Waals surface area (Å²) in [6, 6.07) is 49.5. The number of methoxy groups -OCH3 is 1. The number of fused-ring (bicyclic) bond motifs is 6. The number of aliphatic imine (C=N–C) groups is 1. The molecule has 0 radical (unpaired) electrons. The van der Waals surface area contributed by atoms with Crippen molar-refractivity contribution in [2.24, 2.45) is 10.9 Å². The number of esters is 2. The third-order valence-corrected chi connectivity index (χ3v) is 15.7. The number of aliphatic carboxylic acids is 5. The van der Waals surface area contributed by atoms with Crippen molar-refractivity contribution in [3.63, 3.8) is 0 Å². The smallest absolute Gasteiger partial charge is 0.334 e. The predicted octanol–water partition coefficient (Wildman–Crippen LogP) is 12.5. The van der Waals surface area contributed by atoms with Crippen molar-refractivity contribution < 1.29 is 87.9 Å². The average Bonchev–Trinajstić information content (AvgIpc) is 1.24. The van der Waals surface area contributed by atoms with Crippen LogP contribution in [0, 0.1) is 5.92 Å². The fourth-order valence-corrected chi connectivity index (χ4v) is 11.4. The molecule has 98 heavy (non-hydrogen) atoms. The number of nitrogens with zero attached hydrogens (tertiary/aromatic N) is 1. The Morgan fingerprint density at radius 3 is 1.85 bits per heavy atom. The van der Waals surface area contributed by atoms with E-state index in [1.807, 2.05) is 97.1 Å². The summed E-state index contributed by atoms with van der Waals surface area (Å²) in [4.78, 5) is 92.7. The Morgan fingerprint density at radius 1 is 0.592 bits per heavy atom. The largest absolute Gasteiger partial charge is 0.508 e. The Bertz CT molecular complexity index is 4430. The molecule has 6 aliphatic rings. The molecule has 2 atom stereocenters. The molecule has 0 bridgehead atoms. The van der Waals surface area contributed by atoms with Crippen molar-refractivity contribution in [1.29, 1.82) is 0 Å². The van der Waals surface area contributed by atoms with Crippen molar-refractivity contribution in [2.45, 2.75) is 58.5 Å². The van der Waals surface area contributed by atoms with Crippen LogP contribution in [0.1, 0.15) is 99.1 Å². The number of carboxylic acid groups (broad SMARTS) is 5. The van der Waals surface area contributed by atoms with Gasteiger partial charge < -0.3 is 60.2 Å². The van der Waals surface area contributed by atoms with Gasteiger partial charge in [0, 0.05) is 87.1 Å². The Morgan fingerprint density at radius 2 is 1.17 bits per heavy atom. The van der Waals surface area contributed by atoms with Gasteiger partial charge >= 0.3 is 41.8 Å². The summed E-state index contributed by atoms with van der Waals surface area (Å²) in [6.45, 7) is 4.79. The maximum atomic E-state index is 11.9. The number of para-hydroxylation sites is 1. The van der Waals surface area contributed by atoms with E-state index in [-0.39, 0.29) is 36.2 Å². The minimum absolute atomic E-state index is 0.111. The molecule has 0 spiro atoms. The highest BCUT2D eigenvalue weighted by molar-refractivity contribution is 6.30. The van der Waals surface area contributed by atoms with Gasteiger partial charge in [0.1, 0.15) is 23.9 Å². The number of hydrogen-bond acceptors (Lipinski definition) is 15. The van der Waals surface area contributed by atoms with E-state index in [0.717, 1.165) is 99.8 Å². The SMILES string of the molecule is CCOC(=O)C1C/C(=C\C(=O)O)c2ccc(Cl)cc2C1.COC(=O)/C=C1\OC(c2ccccc2)=Nc2ccccc21.C[C@H]1NC(=O)c2ccccc2/C1=C/C(=O)O.O=C(O)/C=C1\CCCc2ccccc21.O=C(O)/C=C1\COc2cc(O)ccc21.O=C(O)/C=C1\NCc2ccccc21. The molecule has 7 aromatic carbocycles. The molecule has 2 aliphatic carbocycles. The Balaban J connectivity index is 0.000000151. The Kier molecular flexibility index (Phi) is 25.1. The standard InChI is InChI=1S/C17H13NO3.C15H15ClO4.C12H11NO3.C12H12O2.C10H9NO2.C10H8O4/c1-20-16(19)11-15-13-9-5-6-10-14(13)18-17(21-15)12-7-3-2-4-8-12;1-2-20-15(19)11-5-9-7-12(16)3-4-13(9)10(6-11)8-14(17)18;1-7-10(6-11(14)15)8-4-2-3-5-9(8)12(16)13-7;13-12(14)8-10-6-3-5-9-4-1-2-7-11(9)10;12-10(13)5-9-8-4-2-1-3-7(8)6-11-9;11-7-1-2-8-6(3-10(12)13)5-14-9(8)4-7/h2-11H,1H3;3-4,7-8,11H,2,5-6H2,1H3,(H,17,18);2-7H,1H3,(H,13,16)(H,14,15);1-2,4,7-8H,3,5-6H2,(H,13,14);1-5,11H,6H2,(H,12,13);1-4,11H,5H2,(H,12,13)/b15-11-;10-8+;10-6+;10-8+;9-5-;6-3+/t;;7-;;;/m..1.../s1. The number of allylic oxidation sites excluding steroid dienone is 2. The highest BCUT2D eigenvalue weighted by Gasteiger charge is 2.30. The normalized spacial score (nSPS) is 17.8. The van der Waals surface area contributed by atoms with Crippen molar-refractivity contribution in [3.05, 3.63) is 266 Å². The number of carbonyl (C=O) groups excluding carboxylic acids is 3. The van der Waals surface area contributed by atoms with Crippen LogP contribution < -0.4 is 15.4 Å². The van der Waals surface area contributed by atoms with Crippen LogP contribution >= 0.6 is 11.6 Å². The molecule has 13 rings (SSSR count). The van der Waals surface area contributed by atoms with E-state index in [4.69, 9.17) is 56.5 Å². The number of amides is 1. The third kappa shape index (κ3) is 19.7. The fourth-order valence-electron chi connectivity index (χ4n) is 11.2. The number of rotatable bonds is 9. The highest BCUT2D eigenvalue weighted by atomic mass is 35.5. The minimum atomic E-state index is -1.02. The lowest BCUT2D eigenvalue weighted by Gasteiger charge is -2.25. The van der Waals surface area contributed by atoms with Gasteiger partial charge in [0.05, 0.1) is 37.4 Å². The molecule has 1 unspecified atom stereocenters. The van der Waals surface area contributed by atoms with Crippen LogP contribution in [0.2, 0.25) is 5.02 Å². The van der Waals surface area contributed by atoms with Gasteiger partial charge in [0.2, 0.25) is 5.90 Å². The Labute approximate surface area is 568 Å². The van der Waals surface area contributed by atoms with Gasteiger partial charge in [-0.3, -0.25) is 9.59 Å². The number of aromatic hydroxyl groups is 1. The van der Waals surface area contributed by atoms with Crippen LogP contribution in [0.3, 0.4) is 0 Å². The van der Waals surface area contributed by atoms with E-state index in [1.54, 1.807) is 62.4 Å². The lowest BCUT2D eigenvalue weighted by atomic mass is 9.80. The number of halogens is 1. The van der Waals surface area contributed by atoms with Crippen molar-refractivity contribution >= 4 is 105 Å². The van der Waals surface area contributed by atoms with Crippen LogP contribution in [-0.2, 0) is 67.2 Å². The molecule has 4 heterocycles. The molecule has 0 fully saturated rings. The average molecular weight is 1350 g/mol. The summed E-state index contributed by atoms with van der Waals surface area (Å²) >= 11 is 5.97. The van der Waals surface area contributed by atoms with Crippen LogP contribution in [0.25, 0.3) is 33.7 Å². The molecule has 0 saturated heterocycles. The topological polar surface area (TPSA) is 331 Å². The first-order valence-corrected chi connectivity index (χ1v) is 31.1. The van der Waals surface area contributed by atoms with Gasteiger partial charge in [-0.2, -0.15) is 0 Å². The van der Waals surface area contributed by atoms with Crippen LogP contribution in [0.5, 0.6) is 11.5 Å². The number of ether oxygens (including phenoxy) is 4. The Hall–Kier alpha value is -12.1. The summed E-state index contributed by atoms with van der Waals surface area (Å²) < 4.78 is 20.7. The quantitative estimate of drug-likeness (QED) is 0.0492. The molecular weight excluding hydrogens is 1280 g/mol. The number of benzene rings is 7. The third-order valence-electron chi connectivity index (χ3n) is 15.5. The number of nitrogens with one attached hydrogen (secondary N) is 2. The van der Waals surface area contributed by atoms with Gasteiger partial charge in [0.25, 0.3) is 5.91 Å². The molecule has 22 heteroatoms. The van der Waals surface area contributed by atoms with Crippen molar-refractivity contribution in [3.8, 4) is 11.5 Å². The van der Waals surface area contributed by atoms with Gasteiger partial charge in [-0.1, -0.05) is 115 Å². The molecule has 502 valence electrons. The molecule has 0 aromatic heterocycles. The van der Waals surface area contributed by atoms with Crippen molar-refractivity contribution in [2.75, 3.05) is 20.3 Å². The number of carbonyl (C=O) groups is 8. The second-order valence-corrected chi connectivity index (χ2v) is 22.6. The van der Waals surface area contributed by atoms with Gasteiger partial charge in [-0.25, -0.2) is 33.8 Å². The van der Waals surface area contributed by atoms with E-state index in [0.29, 0.717) is 75.4 Å². The first-order valence-electron chi connectivity index (χ1n) is 30.7. The number of hydrogen-bond donors (Lipinski definition) is 8. The fraction of sp³-hybridized carbons (Fsp3) is 0.171. The minimum Gasteiger partial charge on any atom is -0.508 e. The van der Waals surface area contributed by atoms with Gasteiger partial charge in [-0.05, 0) is 151 Å². The summed E-state index contributed by atoms with van der Waals surface area (Å²) in [7, 11) is 1.33. The van der Waals surface area contributed by atoms with E-state index < -0.39 is 35.8 Å². The zero-order chi connectivity index (χ0) is 70.4. The van der Waals surface area contributed by atoms with Crippen molar-refractivity contribution in [1.82, 2.24) is 10.6 Å². The molecule has 1 amide bonds. The van der Waals surface area contributed by atoms with Crippen LogP contribution in [-0.4, -0.2) is 111 Å². The second kappa shape index (κ2) is 34.4. The first kappa shape index (κ1) is 71.7. The summed E-state index contributed by atoms with van der Waals surface area (Å²) in [6.07, 6.45) is 11.2. The van der Waals surface area contributed by atoms with Crippen LogP contribution in [0.15, 0.2) is 205 Å². The van der Waals surface area contributed by atoms with Gasteiger partial charge in [-0.15, -0.1) is 0 Å². The molecule has 8 N–H and O–H groups in total. The summed E-state index contributed by atoms with van der Waals surface area (Å²) in [5.74, 6) is -4.53. The van der Waals surface area contributed by atoms with E-state index in [9.17, 15) is 38.4 Å². The predicted molar refractivity (Wildman–Crippen MR) is 368 cm³/mol. The summed E-state index contributed by atoms with van der Waals surface area (Å²) in [5, 5.41) is 59.1. The molecule has 4 aliphatic heterocycles. The molecular formula is C76H68ClN3O18. The van der Waals surface area contributed by atoms with E-state index >= 15 is 0 Å². The second-order valence-electron chi connectivity index (χ2n) is 22.2. The van der Waals surface area contributed by atoms with E-state index in [2.05, 4.69) is 26.4 Å². The van der Waals surface area contributed by atoms with Crippen LogP contribution in [0.4, 0.5) is 5.69 Å². The van der Waals surface area contributed by atoms with E-state index in [1.165, 1.54) is 43.0 Å².